The molecule has 0 saturated carbocycles. The van der Waals surface area contributed by atoms with E-state index in [9.17, 15) is 0 Å². The van der Waals surface area contributed by atoms with Crippen LogP contribution in [0, 0.1) is 41.5 Å². The summed E-state index contributed by atoms with van der Waals surface area (Å²) in [7, 11) is 1.08. The Hall–Kier alpha value is -0.673. The molecule has 0 aliphatic carbocycles. The van der Waals surface area contributed by atoms with Gasteiger partial charge < -0.3 is 0 Å². The van der Waals surface area contributed by atoms with Crippen molar-refractivity contribution in [2.45, 2.75) is 54.6 Å². The summed E-state index contributed by atoms with van der Waals surface area (Å²) < 4.78 is 0. The van der Waals surface area contributed by atoms with E-state index in [2.05, 4.69) is 103 Å². The van der Waals surface area contributed by atoms with E-state index in [0.717, 1.165) is 9.52 Å². The molecule has 0 aliphatic rings. The second-order valence-electron chi connectivity index (χ2n) is 7.62. The third-order valence-corrected chi connectivity index (χ3v) is 4.93. The molecule has 0 heterocycles. The predicted molar refractivity (Wildman–Crippen MR) is 139 cm³/mol. The molecular weight excluding hydrogens is 590 g/mol. The Morgan fingerprint density at radius 1 is 0.567 bits per heavy atom. The monoisotopic (exact) mass is 624 g/mol. The molecule has 0 N–H and O–H groups in total. The first-order valence-corrected chi connectivity index (χ1v) is 11.6. The van der Waals surface area contributed by atoms with Crippen LogP contribution in [0.3, 0.4) is 0 Å². The summed E-state index contributed by atoms with van der Waals surface area (Å²) in [5, 5.41) is 5.64. The molecule has 30 heavy (non-hydrogen) atoms. The fourth-order valence-corrected chi connectivity index (χ4v) is 3.47. The molecule has 0 aromatic heterocycles. The largest absolute Gasteiger partial charge is 0.165 e. The third-order valence-electron chi connectivity index (χ3n) is 4.93. The summed E-state index contributed by atoms with van der Waals surface area (Å²) in [5.41, 5.74) is 8.24. The second kappa shape index (κ2) is 14.4. The minimum atomic E-state index is 0. The molecule has 0 amide bonds. The van der Waals surface area contributed by atoms with Gasteiger partial charge in [0.2, 0.25) is 0 Å². The van der Waals surface area contributed by atoms with E-state index in [4.69, 9.17) is 0 Å². The number of aryl methyl sites for hydroxylation is 6. The van der Waals surface area contributed by atoms with E-state index < -0.39 is 0 Å². The average molecular weight is 624 g/mol. The van der Waals surface area contributed by atoms with E-state index in [0.29, 0.717) is 0 Å². The van der Waals surface area contributed by atoms with Crippen LogP contribution in [0.5, 0.6) is 0 Å². The summed E-state index contributed by atoms with van der Waals surface area (Å²) in [4.78, 5) is 0. The molecular formula is C26H34Cl2HfSi-2. The molecule has 4 rings (SSSR count). The minimum Gasteiger partial charge on any atom is -0.165 e. The molecule has 0 aliphatic heterocycles. The zero-order valence-corrected chi connectivity index (χ0v) is 25.7. The van der Waals surface area contributed by atoms with Gasteiger partial charge in [0.15, 0.2) is 0 Å². The van der Waals surface area contributed by atoms with Gasteiger partial charge in [-0.1, -0.05) is 64.0 Å². The number of benzene rings is 2. The van der Waals surface area contributed by atoms with E-state index in [-0.39, 0.29) is 50.7 Å². The maximum absolute atomic E-state index is 2.26. The average Bonchev–Trinajstić information content (AvgIpc) is 3.20. The van der Waals surface area contributed by atoms with E-state index >= 15 is 0 Å². The van der Waals surface area contributed by atoms with Crippen LogP contribution in [-0.2, 0) is 25.8 Å². The van der Waals surface area contributed by atoms with Crippen LogP contribution in [0.4, 0.5) is 0 Å². The van der Waals surface area contributed by atoms with Crippen molar-refractivity contribution in [3.05, 3.63) is 81.9 Å². The van der Waals surface area contributed by atoms with Crippen LogP contribution in [-0.4, -0.2) is 9.52 Å². The summed E-state index contributed by atoms with van der Waals surface area (Å²) in [6.45, 7) is 17.3. The van der Waals surface area contributed by atoms with Gasteiger partial charge in [-0.3, -0.25) is 0 Å². The quantitative estimate of drug-likeness (QED) is 0.136. The Morgan fingerprint density at radius 2 is 0.833 bits per heavy atom. The smallest absolute Gasteiger partial charge is 0.0307 e. The molecule has 0 fully saturated rings. The molecule has 0 spiro atoms. The Balaban J connectivity index is 0. The van der Waals surface area contributed by atoms with Gasteiger partial charge >= 0.3 is 0 Å². The fourth-order valence-electron chi connectivity index (χ4n) is 3.47. The van der Waals surface area contributed by atoms with Crippen molar-refractivity contribution in [1.82, 2.24) is 0 Å². The molecule has 0 atom stereocenters. The number of rotatable bonds is 0. The predicted octanol–water partition coefficient (Wildman–Crippen LogP) is 8.60. The molecule has 2 radical (unpaired) electrons. The molecule has 4 heteroatoms. The standard InChI is InChI=1S/2C12H13.C2H6Si.2ClH.Hf/c2*1-8-6-11-9(2)4-5-10(3)12(11)7-8;1-3-2;;;/h2*4-7H,1-3H3;1-2H3;2*1H;/q2*-1;;;;. The van der Waals surface area contributed by atoms with Crippen molar-refractivity contribution < 1.29 is 25.8 Å². The summed E-state index contributed by atoms with van der Waals surface area (Å²) in [6, 6.07) is 17.8. The van der Waals surface area contributed by atoms with Gasteiger partial charge in [-0.15, -0.1) is 92.9 Å². The fraction of sp³-hybridized carbons (Fsp3) is 0.308. The summed E-state index contributed by atoms with van der Waals surface area (Å²) in [6.07, 6.45) is 0. The Bertz CT molecular complexity index is 882. The Labute approximate surface area is 217 Å². The van der Waals surface area contributed by atoms with Crippen LogP contribution in [0.25, 0.3) is 21.5 Å². The minimum absolute atomic E-state index is 0. The first-order chi connectivity index (χ1) is 12.8. The van der Waals surface area contributed by atoms with Crippen molar-refractivity contribution in [2.75, 3.05) is 0 Å². The van der Waals surface area contributed by atoms with Crippen LogP contribution in [0.15, 0.2) is 48.5 Å². The molecule has 162 valence electrons. The van der Waals surface area contributed by atoms with Gasteiger partial charge in [0.1, 0.15) is 0 Å². The van der Waals surface area contributed by atoms with Gasteiger partial charge in [0.25, 0.3) is 0 Å². The number of hydrogen-bond donors (Lipinski definition) is 0. The Morgan fingerprint density at radius 3 is 1.10 bits per heavy atom. The van der Waals surface area contributed by atoms with Crippen molar-refractivity contribution in [1.29, 1.82) is 0 Å². The zero-order chi connectivity index (χ0) is 20.1. The van der Waals surface area contributed by atoms with Gasteiger partial charge in [-0.2, -0.15) is 12.1 Å². The van der Waals surface area contributed by atoms with Crippen LogP contribution < -0.4 is 0 Å². The van der Waals surface area contributed by atoms with E-state index in [1.54, 1.807) is 0 Å². The molecule has 0 bridgehead atoms. The van der Waals surface area contributed by atoms with Crippen LogP contribution >= 0.6 is 24.8 Å². The van der Waals surface area contributed by atoms with Crippen LogP contribution in [0.2, 0.25) is 13.1 Å². The summed E-state index contributed by atoms with van der Waals surface area (Å²) >= 11 is 0. The summed E-state index contributed by atoms with van der Waals surface area (Å²) in [5.74, 6) is 0. The van der Waals surface area contributed by atoms with Gasteiger partial charge in [0, 0.05) is 35.4 Å². The van der Waals surface area contributed by atoms with Crippen molar-refractivity contribution in [3.8, 4) is 0 Å². The normalized spacial score (nSPS) is 9.33. The molecule has 4 aromatic carbocycles. The second-order valence-corrected chi connectivity index (χ2v) is 8.62. The zero-order valence-electron chi connectivity index (χ0n) is 19.4. The Kier molecular flexibility index (Phi) is 15.1. The molecule has 0 nitrogen and oxygen atoms in total. The first kappa shape index (κ1) is 31.5. The van der Waals surface area contributed by atoms with Gasteiger partial charge in [-0.25, -0.2) is 0 Å². The SMILES string of the molecule is C[Si]C.Cc1cc2c(C)ccc(C)c2[cH-]1.Cc1cc2c(C)ccc(C)c2[cH-]1.Cl.Cl.[Hf]. The molecule has 4 aromatic rings. The van der Waals surface area contributed by atoms with E-state index in [1.807, 2.05) is 0 Å². The first-order valence-electron chi connectivity index (χ1n) is 9.63. The van der Waals surface area contributed by atoms with Crippen molar-refractivity contribution >= 4 is 55.9 Å². The third kappa shape index (κ3) is 7.78. The van der Waals surface area contributed by atoms with Gasteiger partial charge in [-0.05, 0) is 13.8 Å². The van der Waals surface area contributed by atoms with Gasteiger partial charge in [0.05, 0.1) is 0 Å². The molecule has 0 saturated heterocycles. The maximum atomic E-state index is 2.26. The van der Waals surface area contributed by atoms with Crippen molar-refractivity contribution in [3.63, 3.8) is 0 Å². The maximum Gasteiger partial charge on any atom is 0.0307 e. The van der Waals surface area contributed by atoms with Crippen molar-refractivity contribution in [2.24, 2.45) is 0 Å². The molecule has 0 unspecified atom stereocenters. The number of hydrogen-bond acceptors (Lipinski definition) is 0. The van der Waals surface area contributed by atoms with E-state index in [1.165, 1.54) is 54.9 Å². The number of fused-ring (bicyclic) bond motifs is 2. The topological polar surface area (TPSA) is 0 Å². The van der Waals surface area contributed by atoms with Crippen LogP contribution in [0.1, 0.15) is 33.4 Å². The number of halogens is 2.